The first-order chi connectivity index (χ1) is 12.6. The molecule has 0 aliphatic rings. The van der Waals surface area contributed by atoms with Crippen LogP contribution in [-0.2, 0) is 0 Å². The van der Waals surface area contributed by atoms with E-state index in [0.717, 1.165) is 11.1 Å². The summed E-state index contributed by atoms with van der Waals surface area (Å²) in [4.78, 5) is 21.7. The van der Waals surface area contributed by atoms with Crippen LogP contribution >= 0.6 is 0 Å². The molecule has 130 valence electrons. The lowest BCUT2D eigenvalue weighted by Gasteiger charge is -2.18. The fourth-order valence-corrected chi connectivity index (χ4v) is 2.85. The monoisotopic (exact) mass is 351 g/mol. The minimum absolute atomic E-state index is 0.0799. The number of rotatable bonds is 4. The third kappa shape index (κ3) is 2.97. The van der Waals surface area contributed by atoms with Gasteiger partial charge in [0.05, 0.1) is 11.0 Å². The molecule has 2 aromatic heterocycles. The third-order valence-electron chi connectivity index (χ3n) is 3.93. The summed E-state index contributed by atoms with van der Waals surface area (Å²) >= 11 is 0. The molecule has 8 nitrogen and oxygen atoms in total. The Bertz CT molecular complexity index is 1060. The summed E-state index contributed by atoms with van der Waals surface area (Å²) < 4.78 is 15.0. The molecule has 1 amide bonds. The van der Waals surface area contributed by atoms with E-state index in [1.807, 2.05) is 12.1 Å². The van der Waals surface area contributed by atoms with Crippen molar-refractivity contribution in [1.82, 2.24) is 24.7 Å². The molecule has 1 unspecified atom stereocenters. The van der Waals surface area contributed by atoms with Gasteiger partial charge in [-0.3, -0.25) is 0 Å². The van der Waals surface area contributed by atoms with Crippen LogP contribution in [0.1, 0.15) is 17.2 Å². The Morgan fingerprint density at radius 1 is 1.19 bits per heavy atom. The van der Waals surface area contributed by atoms with E-state index in [1.165, 1.54) is 18.5 Å². The minimum Gasteiger partial charge on any atom is -0.530 e. The fraction of sp³-hybridized carbons (Fsp3) is 0.0588. The largest absolute Gasteiger partial charge is 0.530 e. The molecule has 0 fully saturated rings. The Hall–Kier alpha value is -3.75. The highest BCUT2D eigenvalue weighted by atomic mass is 19.1. The molecule has 4 rings (SSSR count). The van der Waals surface area contributed by atoms with E-state index in [2.05, 4.69) is 25.4 Å². The highest BCUT2D eigenvalue weighted by Crippen LogP contribution is 2.28. The predicted molar refractivity (Wildman–Crippen MR) is 88.8 cm³/mol. The summed E-state index contributed by atoms with van der Waals surface area (Å²) in [5, 5.41) is 16.9. The van der Waals surface area contributed by atoms with E-state index in [4.69, 9.17) is 0 Å². The molecule has 2 aromatic carbocycles. The van der Waals surface area contributed by atoms with Crippen molar-refractivity contribution in [2.45, 2.75) is 6.04 Å². The number of imidazole rings is 1. The Morgan fingerprint density at radius 2 is 1.96 bits per heavy atom. The number of nitrogens with one attached hydrogen (secondary N) is 2. The van der Waals surface area contributed by atoms with Crippen molar-refractivity contribution >= 4 is 23.1 Å². The van der Waals surface area contributed by atoms with Gasteiger partial charge in [-0.2, -0.15) is 5.10 Å². The molecule has 0 spiro atoms. The van der Waals surface area contributed by atoms with Crippen LogP contribution in [0.15, 0.2) is 55.1 Å². The molecule has 0 bridgehead atoms. The Kier molecular flexibility index (Phi) is 3.81. The van der Waals surface area contributed by atoms with E-state index >= 15 is 0 Å². The van der Waals surface area contributed by atoms with Crippen LogP contribution in [0.2, 0.25) is 0 Å². The van der Waals surface area contributed by atoms with E-state index in [-0.39, 0.29) is 17.8 Å². The van der Waals surface area contributed by atoms with Crippen molar-refractivity contribution in [3.05, 3.63) is 72.1 Å². The van der Waals surface area contributed by atoms with Gasteiger partial charge in [0.25, 0.3) is 0 Å². The second-order valence-corrected chi connectivity index (χ2v) is 5.60. The smallest absolute Gasteiger partial charge is 0.206 e. The van der Waals surface area contributed by atoms with Crippen molar-refractivity contribution in [2.24, 2.45) is 0 Å². The number of amides is 1. The number of halogens is 1. The first kappa shape index (κ1) is 15.8. The summed E-state index contributed by atoms with van der Waals surface area (Å²) in [5.74, 6) is -0.246. The molecule has 0 saturated heterocycles. The molecule has 0 aliphatic carbocycles. The van der Waals surface area contributed by atoms with Crippen LogP contribution in [0.5, 0.6) is 0 Å². The highest BCUT2D eigenvalue weighted by molar-refractivity contribution is 5.84. The van der Waals surface area contributed by atoms with Gasteiger partial charge in [-0.15, -0.1) is 0 Å². The van der Waals surface area contributed by atoms with Crippen LogP contribution in [0, 0.1) is 5.82 Å². The average Bonchev–Trinajstić information content (AvgIpc) is 3.25. The van der Waals surface area contributed by atoms with Crippen molar-refractivity contribution in [3.8, 4) is 0 Å². The quantitative estimate of drug-likeness (QED) is 0.581. The molecular formula is C17H12FN6O2-. The number of aromatic nitrogens is 5. The Morgan fingerprint density at radius 3 is 2.65 bits per heavy atom. The SMILES string of the molecule is O=C([O-])Nc1nc2ccc(C(c3ccc(F)cc3)n3cncn3)cc2[nH]1. The first-order valence-corrected chi connectivity index (χ1v) is 7.67. The number of hydrogen-bond acceptors (Lipinski definition) is 5. The molecule has 1 atom stereocenters. The molecule has 0 radical (unpaired) electrons. The van der Waals surface area contributed by atoms with Gasteiger partial charge in [0.15, 0.2) is 0 Å². The van der Waals surface area contributed by atoms with Gasteiger partial charge in [-0.05, 0) is 35.4 Å². The lowest BCUT2D eigenvalue weighted by molar-refractivity contribution is -0.242. The number of nitrogens with zero attached hydrogens (tertiary/aromatic N) is 4. The summed E-state index contributed by atoms with van der Waals surface area (Å²) in [6, 6.07) is 11.2. The summed E-state index contributed by atoms with van der Waals surface area (Å²) in [5.41, 5.74) is 2.90. The van der Waals surface area contributed by atoms with Crippen molar-refractivity contribution in [2.75, 3.05) is 5.32 Å². The van der Waals surface area contributed by atoms with Gasteiger partial charge in [0.1, 0.15) is 30.6 Å². The Labute approximate surface area is 146 Å². The number of aromatic amines is 1. The summed E-state index contributed by atoms with van der Waals surface area (Å²) in [7, 11) is 0. The third-order valence-corrected chi connectivity index (χ3v) is 3.93. The maximum absolute atomic E-state index is 13.3. The normalized spacial score (nSPS) is 12.2. The zero-order valence-corrected chi connectivity index (χ0v) is 13.3. The van der Waals surface area contributed by atoms with Gasteiger partial charge in [-0.1, -0.05) is 18.2 Å². The van der Waals surface area contributed by atoms with Crippen LogP contribution in [-0.4, -0.2) is 30.8 Å². The standard InChI is InChI=1S/C17H13FN6O2/c18-12-4-1-10(2-5-12)15(24-9-19-8-20-24)11-3-6-13-14(7-11)22-16(21-13)23-17(25)26/h1-9,15H,(H,25,26)(H2,21,22,23)/p-1. The zero-order valence-electron chi connectivity index (χ0n) is 13.3. The molecule has 0 aliphatic heterocycles. The lowest BCUT2D eigenvalue weighted by Crippen LogP contribution is -2.29. The zero-order chi connectivity index (χ0) is 18.1. The molecule has 26 heavy (non-hydrogen) atoms. The van der Waals surface area contributed by atoms with E-state index in [1.54, 1.807) is 29.2 Å². The summed E-state index contributed by atoms with van der Waals surface area (Å²) in [6.07, 6.45) is 1.55. The molecule has 2 N–H and O–H groups in total. The van der Waals surface area contributed by atoms with E-state index in [9.17, 15) is 14.3 Å². The number of carbonyl (C=O) groups is 1. The maximum atomic E-state index is 13.3. The van der Waals surface area contributed by atoms with Gasteiger partial charge in [0, 0.05) is 0 Å². The number of H-pyrrole nitrogens is 1. The van der Waals surface area contributed by atoms with Gasteiger partial charge in [-0.25, -0.2) is 19.0 Å². The minimum atomic E-state index is -1.45. The number of hydrogen-bond donors (Lipinski definition) is 2. The second-order valence-electron chi connectivity index (χ2n) is 5.60. The lowest BCUT2D eigenvalue weighted by atomic mass is 9.98. The number of carboxylic acid groups (broad SMARTS) is 1. The van der Waals surface area contributed by atoms with Gasteiger partial charge in [0.2, 0.25) is 5.95 Å². The second kappa shape index (κ2) is 6.28. The predicted octanol–water partition coefficient (Wildman–Crippen LogP) is 1.69. The van der Waals surface area contributed by atoms with Crippen LogP contribution in [0.3, 0.4) is 0 Å². The fourth-order valence-electron chi connectivity index (χ4n) is 2.85. The number of anilines is 1. The topological polar surface area (TPSA) is 112 Å². The highest BCUT2D eigenvalue weighted by Gasteiger charge is 2.18. The molecular weight excluding hydrogens is 339 g/mol. The van der Waals surface area contributed by atoms with Gasteiger partial charge >= 0.3 is 0 Å². The number of fused-ring (bicyclic) bond motifs is 1. The molecule has 2 heterocycles. The van der Waals surface area contributed by atoms with Crippen LogP contribution in [0.25, 0.3) is 11.0 Å². The summed E-state index contributed by atoms with van der Waals surface area (Å²) in [6.45, 7) is 0. The van der Waals surface area contributed by atoms with Crippen molar-refractivity contribution in [1.29, 1.82) is 0 Å². The first-order valence-electron chi connectivity index (χ1n) is 7.67. The van der Waals surface area contributed by atoms with Gasteiger partial charge < -0.3 is 20.2 Å². The average molecular weight is 351 g/mol. The maximum Gasteiger partial charge on any atom is 0.206 e. The van der Waals surface area contributed by atoms with Crippen molar-refractivity contribution < 1.29 is 14.3 Å². The molecule has 9 heteroatoms. The number of benzene rings is 2. The van der Waals surface area contributed by atoms with E-state index < -0.39 is 6.09 Å². The van der Waals surface area contributed by atoms with Crippen molar-refractivity contribution in [3.63, 3.8) is 0 Å². The number of carbonyl (C=O) groups excluding carboxylic acids is 1. The van der Waals surface area contributed by atoms with Crippen LogP contribution in [0.4, 0.5) is 15.1 Å². The molecule has 4 aromatic rings. The van der Waals surface area contributed by atoms with E-state index in [0.29, 0.717) is 11.0 Å². The Balaban J connectivity index is 1.80. The van der Waals surface area contributed by atoms with Crippen LogP contribution < -0.4 is 10.4 Å². The molecule has 0 saturated carbocycles.